The van der Waals surface area contributed by atoms with Crippen molar-refractivity contribution in [3.63, 3.8) is 0 Å². The van der Waals surface area contributed by atoms with Crippen LogP contribution in [-0.2, 0) is 6.42 Å². The Labute approximate surface area is 101 Å². The molecule has 0 amide bonds. The van der Waals surface area contributed by atoms with Gasteiger partial charge in [0.15, 0.2) is 0 Å². The molecule has 1 aromatic carbocycles. The lowest BCUT2D eigenvalue weighted by Crippen LogP contribution is -2.36. The standard InChI is InChI=1S/C13H18N2S/c1-13(2,14-3)9-8-12-15-10-6-4-5-7-11(10)16-12/h4-7,14H,8-9H2,1-3H3. The van der Waals surface area contributed by atoms with Gasteiger partial charge in [-0.25, -0.2) is 4.98 Å². The molecule has 86 valence electrons. The summed E-state index contributed by atoms with van der Waals surface area (Å²) in [5.74, 6) is 0. The molecule has 0 saturated heterocycles. The Morgan fingerprint density at radius 3 is 2.75 bits per heavy atom. The zero-order chi connectivity index (χ0) is 11.6. The Morgan fingerprint density at radius 1 is 1.31 bits per heavy atom. The molecule has 2 aromatic rings. The van der Waals surface area contributed by atoms with Gasteiger partial charge in [-0.05, 0) is 39.4 Å². The Hall–Kier alpha value is -0.930. The molecule has 1 heterocycles. The van der Waals surface area contributed by atoms with Crippen LogP contribution < -0.4 is 5.32 Å². The fraction of sp³-hybridized carbons (Fsp3) is 0.462. The van der Waals surface area contributed by atoms with Crippen molar-refractivity contribution in [3.05, 3.63) is 29.3 Å². The number of benzene rings is 1. The third-order valence-corrected chi connectivity index (χ3v) is 4.07. The number of para-hydroxylation sites is 1. The maximum atomic E-state index is 4.64. The molecule has 0 aliphatic carbocycles. The zero-order valence-corrected chi connectivity index (χ0v) is 10.9. The third-order valence-electron chi connectivity index (χ3n) is 2.98. The zero-order valence-electron chi connectivity index (χ0n) is 10.1. The largest absolute Gasteiger partial charge is 0.315 e. The van der Waals surface area contributed by atoms with Crippen LogP contribution in [0.4, 0.5) is 0 Å². The summed E-state index contributed by atoms with van der Waals surface area (Å²) in [6.07, 6.45) is 2.16. The van der Waals surface area contributed by atoms with Crippen LogP contribution in [0, 0.1) is 0 Å². The minimum Gasteiger partial charge on any atom is -0.315 e. The van der Waals surface area contributed by atoms with Crippen molar-refractivity contribution in [2.45, 2.75) is 32.2 Å². The first-order valence-electron chi connectivity index (χ1n) is 5.64. The van der Waals surface area contributed by atoms with Gasteiger partial charge in [0, 0.05) is 12.0 Å². The summed E-state index contributed by atoms with van der Waals surface area (Å²) in [6, 6.07) is 8.34. The highest BCUT2D eigenvalue weighted by Gasteiger charge is 2.15. The van der Waals surface area contributed by atoms with Crippen molar-refractivity contribution in [2.75, 3.05) is 7.05 Å². The van der Waals surface area contributed by atoms with Crippen LogP contribution in [0.2, 0.25) is 0 Å². The van der Waals surface area contributed by atoms with Crippen LogP contribution >= 0.6 is 11.3 Å². The molecule has 0 aliphatic heterocycles. The Bertz CT molecular complexity index is 440. The molecular formula is C13H18N2S. The topological polar surface area (TPSA) is 24.9 Å². The van der Waals surface area contributed by atoms with E-state index in [1.165, 1.54) is 9.71 Å². The van der Waals surface area contributed by atoms with Gasteiger partial charge in [-0.15, -0.1) is 11.3 Å². The average Bonchev–Trinajstić information content (AvgIpc) is 2.69. The molecule has 0 radical (unpaired) electrons. The Kier molecular flexibility index (Phi) is 3.26. The summed E-state index contributed by atoms with van der Waals surface area (Å²) in [6.45, 7) is 4.45. The number of rotatable bonds is 4. The van der Waals surface area contributed by atoms with Gasteiger partial charge < -0.3 is 5.32 Å². The van der Waals surface area contributed by atoms with Crippen LogP contribution in [0.5, 0.6) is 0 Å². The molecule has 0 bridgehead atoms. The molecule has 16 heavy (non-hydrogen) atoms. The molecule has 0 atom stereocenters. The van der Waals surface area contributed by atoms with Gasteiger partial charge in [-0.2, -0.15) is 0 Å². The summed E-state index contributed by atoms with van der Waals surface area (Å²) in [4.78, 5) is 4.64. The van der Waals surface area contributed by atoms with Crippen LogP contribution in [-0.4, -0.2) is 17.6 Å². The van der Waals surface area contributed by atoms with E-state index in [2.05, 4.69) is 42.3 Å². The van der Waals surface area contributed by atoms with Gasteiger partial charge in [0.25, 0.3) is 0 Å². The monoisotopic (exact) mass is 234 g/mol. The van der Waals surface area contributed by atoms with Crippen LogP contribution in [0.1, 0.15) is 25.3 Å². The first-order valence-corrected chi connectivity index (χ1v) is 6.46. The number of thiazole rings is 1. The van der Waals surface area contributed by atoms with E-state index in [1.54, 1.807) is 0 Å². The minimum absolute atomic E-state index is 0.192. The SMILES string of the molecule is CNC(C)(C)CCc1nc2ccccc2s1. The number of aryl methyl sites for hydroxylation is 1. The second kappa shape index (κ2) is 4.52. The van der Waals surface area contributed by atoms with E-state index in [0.29, 0.717) is 0 Å². The Morgan fingerprint density at radius 2 is 2.06 bits per heavy atom. The van der Waals surface area contributed by atoms with Gasteiger partial charge in [-0.3, -0.25) is 0 Å². The van der Waals surface area contributed by atoms with Crippen molar-refractivity contribution < 1.29 is 0 Å². The number of nitrogens with one attached hydrogen (secondary N) is 1. The van der Waals surface area contributed by atoms with Crippen molar-refractivity contribution in [1.29, 1.82) is 0 Å². The maximum Gasteiger partial charge on any atom is 0.0939 e. The lowest BCUT2D eigenvalue weighted by molar-refractivity contribution is 0.393. The number of nitrogens with zero attached hydrogens (tertiary/aromatic N) is 1. The summed E-state index contributed by atoms with van der Waals surface area (Å²) in [7, 11) is 2.01. The molecular weight excluding hydrogens is 216 g/mol. The van der Waals surface area contributed by atoms with E-state index >= 15 is 0 Å². The molecule has 0 fully saturated rings. The first kappa shape index (κ1) is 11.6. The highest BCUT2D eigenvalue weighted by atomic mass is 32.1. The number of hydrogen-bond donors (Lipinski definition) is 1. The number of aromatic nitrogens is 1. The molecule has 0 saturated carbocycles. The van der Waals surface area contributed by atoms with E-state index in [9.17, 15) is 0 Å². The van der Waals surface area contributed by atoms with Gasteiger partial charge in [-0.1, -0.05) is 12.1 Å². The summed E-state index contributed by atoms with van der Waals surface area (Å²) in [5, 5.41) is 4.56. The molecule has 2 nitrogen and oxygen atoms in total. The molecule has 0 aliphatic rings. The fourth-order valence-corrected chi connectivity index (χ4v) is 2.54. The van der Waals surface area contributed by atoms with E-state index < -0.39 is 0 Å². The maximum absolute atomic E-state index is 4.64. The minimum atomic E-state index is 0.192. The quantitative estimate of drug-likeness (QED) is 0.878. The van der Waals surface area contributed by atoms with Crippen LogP contribution in [0.15, 0.2) is 24.3 Å². The average molecular weight is 234 g/mol. The highest BCUT2D eigenvalue weighted by molar-refractivity contribution is 7.18. The second-order valence-electron chi connectivity index (χ2n) is 4.71. The van der Waals surface area contributed by atoms with Crippen molar-refractivity contribution in [3.8, 4) is 0 Å². The van der Waals surface area contributed by atoms with Crippen LogP contribution in [0.3, 0.4) is 0 Å². The normalized spacial score (nSPS) is 12.2. The van der Waals surface area contributed by atoms with Gasteiger partial charge in [0.1, 0.15) is 0 Å². The predicted molar refractivity (Wildman–Crippen MR) is 71.1 cm³/mol. The number of hydrogen-bond acceptors (Lipinski definition) is 3. The Balaban J connectivity index is 2.10. The lowest BCUT2D eigenvalue weighted by Gasteiger charge is -2.23. The molecule has 1 N–H and O–H groups in total. The molecule has 1 aromatic heterocycles. The highest BCUT2D eigenvalue weighted by Crippen LogP contribution is 2.23. The van der Waals surface area contributed by atoms with E-state index in [1.807, 2.05) is 24.5 Å². The van der Waals surface area contributed by atoms with Crippen molar-refractivity contribution in [1.82, 2.24) is 10.3 Å². The van der Waals surface area contributed by atoms with Gasteiger partial charge in [0.05, 0.1) is 15.2 Å². The molecule has 0 unspecified atom stereocenters. The van der Waals surface area contributed by atoms with Crippen molar-refractivity contribution in [2.24, 2.45) is 0 Å². The smallest absolute Gasteiger partial charge is 0.0939 e. The van der Waals surface area contributed by atoms with Gasteiger partial charge >= 0.3 is 0 Å². The summed E-state index contributed by atoms with van der Waals surface area (Å²) < 4.78 is 1.29. The first-order chi connectivity index (χ1) is 7.61. The van der Waals surface area contributed by atoms with Crippen LogP contribution in [0.25, 0.3) is 10.2 Å². The third kappa shape index (κ3) is 2.60. The molecule has 3 heteroatoms. The predicted octanol–water partition coefficient (Wildman–Crippen LogP) is 3.23. The fourth-order valence-electron chi connectivity index (χ4n) is 1.57. The van der Waals surface area contributed by atoms with Gasteiger partial charge in [0.2, 0.25) is 0 Å². The lowest BCUT2D eigenvalue weighted by atomic mass is 9.99. The van der Waals surface area contributed by atoms with E-state index in [4.69, 9.17) is 0 Å². The van der Waals surface area contributed by atoms with Crippen molar-refractivity contribution >= 4 is 21.6 Å². The summed E-state index contributed by atoms with van der Waals surface area (Å²) in [5.41, 5.74) is 1.32. The number of fused-ring (bicyclic) bond motifs is 1. The van der Waals surface area contributed by atoms with E-state index in [0.717, 1.165) is 18.4 Å². The van der Waals surface area contributed by atoms with E-state index in [-0.39, 0.29) is 5.54 Å². The molecule has 0 spiro atoms. The molecule has 2 rings (SSSR count). The summed E-state index contributed by atoms with van der Waals surface area (Å²) >= 11 is 1.81. The second-order valence-corrected chi connectivity index (χ2v) is 5.82.